The van der Waals surface area contributed by atoms with E-state index < -0.39 is 39.9 Å². The van der Waals surface area contributed by atoms with E-state index in [2.05, 4.69) is 10.2 Å². The van der Waals surface area contributed by atoms with Crippen LogP contribution in [0.3, 0.4) is 0 Å². The Morgan fingerprint density at radius 1 is 1.11 bits per heavy atom. The van der Waals surface area contributed by atoms with E-state index in [9.17, 15) is 32.9 Å². The van der Waals surface area contributed by atoms with E-state index in [0.717, 1.165) is 37.4 Å². The summed E-state index contributed by atoms with van der Waals surface area (Å²) in [6.45, 7) is 0. The number of esters is 1. The molecule has 0 aliphatic carbocycles. The van der Waals surface area contributed by atoms with Gasteiger partial charge in [0.1, 0.15) is 0 Å². The Hall–Kier alpha value is -3.63. The van der Waals surface area contributed by atoms with Gasteiger partial charge in [0.25, 0.3) is 11.6 Å². The fraction of sp³-hybridized carbons (Fsp3) is 0.125. The van der Waals surface area contributed by atoms with Crippen LogP contribution in [-0.2, 0) is 10.9 Å². The highest BCUT2D eigenvalue weighted by atomic mass is 19.4. The number of hydrogen-bond donors (Lipinski definition) is 2. The summed E-state index contributed by atoms with van der Waals surface area (Å²) in [5.41, 5.74) is 1.57. The molecule has 0 bridgehead atoms. The number of para-hydroxylation sites is 1. The fourth-order valence-corrected chi connectivity index (χ4v) is 2.12. The zero-order chi connectivity index (χ0) is 20.2. The molecule has 1 amide bonds. The van der Waals surface area contributed by atoms with Gasteiger partial charge >= 0.3 is 12.1 Å². The van der Waals surface area contributed by atoms with Crippen molar-refractivity contribution in [3.63, 3.8) is 0 Å². The van der Waals surface area contributed by atoms with Gasteiger partial charge in [0.15, 0.2) is 0 Å². The van der Waals surface area contributed by atoms with Crippen LogP contribution in [-0.4, -0.2) is 23.9 Å². The first-order valence-electron chi connectivity index (χ1n) is 7.24. The minimum atomic E-state index is -4.65. The minimum Gasteiger partial charge on any atom is -0.465 e. The van der Waals surface area contributed by atoms with Gasteiger partial charge in [-0.3, -0.25) is 25.8 Å². The highest BCUT2D eigenvalue weighted by Crippen LogP contribution is 2.34. The summed E-state index contributed by atoms with van der Waals surface area (Å²) >= 11 is 0. The Balaban J connectivity index is 2.28. The van der Waals surface area contributed by atoms with Gasteiger partial charge < -0.3 is 4.74 Å². The molecule has 0 saturated carbocycles. The van der Waals surface area contributed by atoms with Crippen molar-refractivity contribution in [2.24, 2.45) is 0 Å². The minimum absolute atomic E-state index is 0.257. The molecule has 0 heterocycles. The highest BCUT2D eigenvalue weighted by Gasteiger charge is 2.33. The number of anilines is 1. The topological polar surface area (TPSA) is 111 Å². The standard InChI is InChI=1S/C16H12F3N3O5/c1-27-15(24)10-6-9(7-11(8-10)22(25)26)14(23)21-20-13-5-3-2-4-12(13)16(17,18)19/h2-8,20H,1H3,(H,21,23). The van der Waals surface area contributed by atoms with Crippen molar-refractivity contribution in [1.82, 2.24) is 5.43 Å². The van der Waals surface area contributed by atoms with Crippen molar-refractivity contribution in [2.45, 2.75) is 6.18 Å². The number of halogens is 3. The largest absolute Gasteiger partial charge is 0.465 e. The predicted molar refractivity (Wildman–Crippen MR) is 87.0 cm³/mol. The van der Waals surface area contributed by atoms with Crippen molar-refractivity contribution >= 4 is 23.3 Å². The molecule has 142 valence electrons. The van der Waals surface area contributed by atoms with Crippen LogP contribution < -0.4 is 10.9 Å². The number of nitro benzene ring substituents is 1. The number of nitrogens with one attached hydrogen (secondary N) is 2. The molecule has 2 N–H and O–H groups in total. The molecule has 27 heavy (non-hydrogen) atoms. The van der Waals surface area contributed by atoms with Gasteiger partial charge in [-0.25, -0.2) is 4.79 Å². The smallest absolute Gasteiger partial charge is 0.418 e. The van der Waals surface area contributed by atoms with Gasteiger partial charge in [-0.15, -0.1) is 0 Å². The van der Waals surface area contributed by atoms with Gasteiger partial charge in [-0.1, -0.05) is 12.1 Å². The molecule has 2 aromatic carbocycles. The van der Waals surface area contributed by atoms with E-state index in [0.29, 0.717) is 0 Å². The fourth-order valence-electron chi connectivity index (χ4n) is 2.12. The maximum atomic E-state index is 12.9. The normalized spacial score (nSPS) is 10.8. The van der Waals surface area contributed by atoms with Crippen LogP contribution in [0.5, 0.6) is 0 Å². The lowest BCUT2D eigenvalue weighted by Gasteiger charge is -2.15. The van der Waals surface area contributed by atoms with Gasteiger partial charge in [-0.05, 0) is 18.2 Å². The van der Waals surface area contributed by atoms with Gasteiger partial charge in [0, 0.05) is 17.7 Å². The molecule has 0 spiro atoms. The summed E-state index contributed by atoms with van der Waals surface area (Å²) in [4.78, 5) is 33.9. The van der Waals surface area contributed by atoms with Crippen LogP contribution in [0, 0.1) is 10.1 Å². The summed E-state index contributed by atoms with van der Waals surface area (Å²) in [6.07, 6.45) is -4.65. The number of alkyl halides is 3. The van der Waals surface area contributed by atoms with Crippen LogP contribution >= 0.6 is 0 Å². The molecule has 0 unspecified atom stereocenters. The Morgan fingerprint density at radius 3 is 2.33 bits per heavy atom. The second-order valence-electron chi connectivity index (χ2n) is 5.14. The second kappa shape index (κ2) is 7.72. The Bertz CT molecular complexity index is 899. The molecule has 0 saturated heterocycles. The van der Waals surface area contributed by atoms with E-state index in [1.165, 1.54) is 12.1 Å². The summed E-state index contributed by atoms with van der Waals surface area (Å²) in [5, 5.41) is 11.0. The van der Waals surface area contributed by atoms with E-state index in [4.69, 9.17) is 0 Å². The lowest BCUT2D eigenvalue weighted by molar-refractivity contribution is -0.384. The Kier molecular flexibility index (Phi) is 5.63. The molecule has 2 aromatic rings. The van der Waals surface area contributed by atoms with Crippen molar-refractivity contribution in [2.75, 3.05) is 12.5 Å². The van der Waals surface area contributed by atoms with Gasteiger partial charge in [0.2, 0.25) is 0 Å². The molecule has 0 aromatic heterocycles. The number of non-ortho nitro benzene ring substituents is 1. The lowest BCUT2D eigenvalue weighted by Crippen LogP contribution is -2.30. The summed E-state index contributed by atoms with van der Waals surface area (Å²) < 4.78 is 43.3. The van der Waals surface area contributed by atoms with Crippen molar-refractivity contribution in [1.29, 1.82) is 0 Å². The van der Waals surface area contributed by atoms with Gasteiger partial charge in [0.05, 0.1) is 28.8 Å². The third kappa shape index (κ3) is 4.71. The SMILES string of the molecule is COC(=O)c1cc(C(=O)NNc2ccccc2C(F)(F)F)cc([N+](=O)[O-])c1. The first-order chi connectivity index (χ1) is 12.6. The van der Waals surface area contributed by atoms with Crippen LogP contribution in [0.4, 0.5) is 24.5 Å². The molecular weight excluding hydrogens is 371 g/mol. The maximum absolute atomic E-state index is 12.9. The number of carbonyl (C=O) groups excluding carboxylic acids is 2. The summed E-state index contributed by atoms with van der Waals surface area (Å²) in [7, 11) is 1.05. The number of nitrogens with zero attached hydrogens (tertiary/aromatic N) is 1. The van der Waals surface area contributed by atoms with E-state index in [-0.39, 0.29) is 11.1 Å². The molecule has 11 heteroatoms. The molecule has 0 radical (unpaired) electrons. The Morgan fingerprint density at radius 2 is 1.74 bits per heavy atom. The molecule has 0 fully saturated rings. The predicted octanol–water partition coefficient (Wildman–Crippen LogP) is 3.16. The first-order valence-corrected chi connectivity index (χ1v) is 7.24. The van der Waals surface area contributed by atoms with Crippen molar-refractivity contribution in [3.05, 3.63) is 69.3 Å². The van der Waals surface area contributed by atoms with Crippen LogP contribution in [0.15, 0.2) is 42.5 Å². The number of amides is 1. The van der Waals surface area contributed by atoms with E-state index in [1.54, 1.807) is 0 Å². The van der Waals surface area contributed by atoms with Crippen LogP contribution in [0.2, 0.25) is 0 Å². The number of hydrogen-bond acceptors (Lipinski definition) is 6. The zero-order valence-corrected chi connectivity index (χ0v) is 13.7. The maximum Gasteiger partial charge on any atom is 0.418 e. The number of hydrazine groups is 1. The number of carbonyl (C=O) groups is 2. The quantitative estimate of drug-likeness (QED) is 0.466. The molecule has 0 aliphatic rings. The number of rotatable bonds is 5. The monoisotopic (exact) mass is 383 g/mol. The van der Waals surface area contributed by atoms with Crippen molar-refractivity contribution < 1.29 is 32.4 Å². The Labute approximate surface area is 150 Å². The van der Waals surface area contributed by atoms with Gasteiger partial charge in [-0.2, -0.15) is 13.2 Å². The molecular formula is C16H12F3N3O5. The number of benzene rings is 2. The van der Waals surface area contributed by atoms with Crippen LogP contribution in [0.25, 0.3) is 0 Å². The first kappa shape index (κ1) is 19.7. The third-order valence-electron chi connectivity index (χ3n) is 3.36. The number of ether oxygens (including phenoxy) is 1. The highest BCUT2D eigenvalue weighted by molar-refractivity contribution is 5.99. The number of nitro groups is 1. The molecule has 0 atom stereocenters. The number of methoxy groups -OCH3 is 1. The average Bonchev–Trinajstić information content (AvgIpc) is 2.64. The van der Waals surface area contributed by atoms with Crippen LogP contribution in [0.1, 0.15) is 26.3 Å². The average molecular weight is 383 g/mol. The summed E-state index contributed by atoms with van der Waals surface area (Å²) in [5.74, 6) is -1.90. The second-order valence-corrected chi connectivity index (χ2v) is 5.14. The van der Waals surface area contributed by atoms with E-state index >= 15 is 0 Å². The molecule has 0 aliphatic heterocycles. The van der Waals surface area contributed by atoms with E-state index in [1.807, 2.05) is 5.43 Å². The molecule has 8 nitrogen and oxygen atoms in total. The lowest BCUT2D eigenvalue weighted by atomic mass is 10.1. The zero-order valence-electron chi connectivity index (χ0n) is 13.7. The summed E-state index contributed by atoms with van der Waals surface area (Å²) in [6, 6.07) is 7.22. The van der Waals surface area contributed by atoms with Crippen molar-refractivity contribution in [3.8, 4) is 0 Å². The molecule has 2 rings (SSSR count). The third-order valence-corrected chi connectivity index (χ3v) is 3.36.